The highest BCUT2D eigenvalue weighted by Gasteiger charge is 2.23. The second kappa shape index (κ2) is 4.94. The predicted molar refractivity (Wildman–Crippen MR) is 59.1 cm³/mol. The molecule has 0 aromatic rings. The number of rotatable bonds is 4. The smallest absolute Gasteiger partial charge is 0.150 e. The summed E-state index contributed by atoms with van der Waals surface area (Å²) in [5.41, 5.74) is 0. The molecule has 1 aliphatic rings. The number of nitrogens with one attached hydrogen (secondary N) is 1. The molecular formula is C10H19NO2S. The number of hydrogen-bond donors (Lipinski definition) is 1. The van der Waals surface area contributed by atoms with E-state index in [1.807, 2.05) is 6.08 Å². The normalized spacial score (nSPS) is 24.4. The van der Waals surface area contributed by atoms with Crippen LogP contribution in [0.3, 0.4) is 0 Å². The average molecular weight is 217 g/mol. The van der Waals surface area contributed by atoms with Gasteiger partial charge in [-0.15, -0.1) is 6.58 Å². The lowest BCUT2D eigenvalue weighted by Crippen LogP contribution is -2.41. The summed E-state index contributed by atoms with van der Waals surface area (Å²) in [6, 6.07) is 0.770. The Kier molecular flexibility index (Phi) is 4.13. The topological polar surface area (TPSA) is 46.2 Å². The Labute approximate surface area is 86.5 Å². The summed E-state index contributed by atoms with van der Waals surface area (Å²) < 4.78 is 22.3. The van der Waals surface area contributed by atoms with Crippen molar-refractivity contribution in [2.45, 2.75) is 38.3 Å². The third kappa shape index (κ3) is 3.80. The Morgan fingerprint density at radius 3 is 2.57 bits per heavy atom. The van der Waals surface area contributed by atoms with Crippen molar-refractivity contribution in [1.82, 2.24) is 5.32 Å². The molecule has 0 aliphatic carbocycles. The first-order chi connectivity index (χ1) is 6.53. The maximum Gasteiger partial charge on any atom is 0.150 e. The van der Waals surface area contributed by atoms with E-state index in [4.69, 9.17) is 0 Å². The van der Waals surface area contributed by atoms with Gasteiger partial charge in [0.2, 0.25) is 0 Å². The first kappa shape index (κ1) is 11.7. The number of hydrogen-bond acceptors (Lipinski definition) is 3. The molecule has 0 radical (unpaired) electrons. The maximum absolute atomic E-state index is 11.2. The van der Waals surface area contributed by atoms with Crippen LogP contribution in [0.2, 0.25) is 0 Å². The van der Waals surface area contributed by atoms with Gasteiger partial charge in [-0.3, -0.25) is 0 Å². The van der Waals surface area contributed by atoms with Gasteiger partial charge in [-0.1, -0.05) is 6.08 Å². The second-order valence-electron chi connectivity index (χ2n) is 4.02. The maximum atomic E-state index is 11.2. The van der Waals surface area contributed by atoms with E-state index < -0.39 is 9.84 Å². The molecule has 0 aromatic carbocycles. The molecular weight excluding hydrogens is 198 g/mol. The molecule has 0 saturated carbocycles. The Balaban J connectivity index is 2.32. The van der Waals surface area contributed by atoms with Crippen LogP contribution in [0.4, 0.5) is 0 Å². The van der Waals surface area contributed by atoms with E-state index in [0.717, 1.165) is 19.3 Å². The van der Waals surface area contributed by atoms with E-state index in [0.29, 0.717) is 23.6 Å². The minimum atomic E-state index is -2.72. The van der Waals surface area contributed by atoms with Crippen molar-refractivity contribution in [1.29, 1.82) is 0 Å². The molecule has 14 heavy (non-hydrogen) atoms. The lowest BCUT2D eigenvalue weighted by molar-refractivity contribution is 0.414. The molecule has 1 saturated heterocycles. The molecule has 1 aliphatic heterocycles. The van der Waals surface area contributed by atoms with Gasteiger partial charge in [0.05, 0.1) is 11.5 Å². The van der Waals surface area contributed by atoms with Crippen LogP contribution in [-0.2, 0) is 9.84 Å². The van der Waals surface area contributed by atoms with Gasteiger partial charge in [-0.2, -0.15) is 0 Å². The molecule has 1 rings (SSSR count). The van der Waals surface area contributed by atoms with E-state index in [1.54, 1.807) is 0 Å². The van der Waals surface area contributed by atoms with Crippen molar-refractivity contribution in [3.8, 4) is 0 Å². The zero-order chi connectivity index (χ0) is 10.6. The zero-order valence-electron chi connectivity index (χ0n) is 8.70. The molecule has 1 atom stereocenters. The van der Waals surface area contributed by atoms with Crippen LogP contribution >= 0.6 is 0 Å². The minimum Gasteiger partial charge on any atom is -0.311 e. The van der Waals surface area contributed by atoms with E-state index in [9.17, 15) is 8.42 Å². The summed E-state index contributed by atoms with van der Waals surface area (Å²) in [4.78, 5) is 0. The van der Waals surface area contributed by atoms with Crippen LogP contribution in [0.25, 0.3) is 0 Å². The first-order valence-corrected chi connectivity index (χ1v) is 6.93. The summed E-state index contributed by atoms with van der Waals surface area (Å²) in [6.45, 7) is 5.78. The Hall–Kier alpha value is -0.350. The van der Waals surface area contributed by atoms with Crippen molar-refractivity contribution in [3.05, 3.63) is 12.7 Å². The SMILES string of the molecule is C=CCC(C)NC1CCS(=O)(=O)CC1. The van der Waals surface area contributed by atoms with Crippen LogP contribution in [0.1, 0.15) is 26.2 Å². The molecule has 1 heterocycles. The molecule has 0 amide bonds. The largest absolute Gasteiger partial charge is 0.311 e. The molecule has 4 heteroatoms. The lowest BCUT2D eigenvalue weighted by atomic mass is 10.1. The van der Waals surface area contributed by atoms with Gasteiger partial charge in [-0.05, 0) is 26.2 Å². The fourth-order valence-electron chi connectivity index (χ4n) is 1.78. The average Bonchev–Trinajstić information content (AvgIpc) is 2.09. The standard InChI is InChI=1S/C10H19NO2S/c1-3-4-9(2)11-10-5-7-14(12,13)8-6-10/h3,9-11H,1,4-8H2,2H3. The summed E-state index contributed by atoms with van der Waals surface area (Å²) in [5, 5.41) is 3.42. The van der Waals surface area contributed by atoms with Gasteiger partial charge in [0.15, 0.2) is 0 Å². The van der Waals surface area contributed by atoms with E-state index in [1.165, 1.54) is 0 Å². The Bertz CT molecular complexity index is 270. The highest BCUT2D eigenvalue weighted by Crippen LogP contribution is 2.13. The molecule has 0 aromatic heterocycles. The molecule has 1 N–H and O–H groups in total. The molecule has 3 nitrogen and oxygen atoms in total. The van der Waals surface area contributed by atoms with Gasteiger partial charge >= 0.3 is 0 Å². The van der Waals surface area contributed by atoms with Gasteiger partial charge in [0.1, 0.15) is 9.84 Å². The van der Waals surface area contributed by atoms with Crippen LogP contribution < -0.4 is 5.32 Å². The third-order valence-corrected chi connectivity index (χ3v) is 4.31. The summed E-state index contributed by atoms with van der Waals surface area (Å²) in [5.74, 6) is 0.678. The highest BCUT2D eigenvalue weighted by atomic mass is 32.2. The molecule has 82 valence electrons. The third-order valence-electron chi connectivity index (χ3n) is 2.60. The van der Waals surface area contributed by atoms with Crippen molar-refractivity contribution < 1.29 is 8.42 Å². The van der Waals surface area contributed by atoms with Crippen molar-refractivity contribution in [2.24, 2.45) is 0 Å². The lowest BCUT2D eigenvalue weighted by Gasteiger charge is -2.26. The predicted octanol–water partition coefficient (Wildman–Crippen LogP) is 1.12. The van der Waals surface area contributed by atoms with E-state index in [2.05, 4.69) is 18.8 Å². The van der Waals surface area contributed by atoms with Gasteiger partial charge in [-0.25, -0.2) is 8.42 Å². The van der Waals surface area contributed by atoms with Crippen LogP contribution in [0.15, 0.2) is 12.7 Å². The van der Waals surface area contributed by atoms with Gasteiger partial charge in [0, 0.05) is 12.1 Å². The molecule has 0 spiro atoms. The molecule has 0 bridgehead atoms. The van der Waals surface area contributed by atoms with Crippen LogP contribution in [0, 0.1) is 0 Å². The van der Waals surface area contributed by atoms with E-state index >= 15 is 0 Å². The summed E-state index contributed by atoms with van der Waals surface area (Å²) >= 11 is 0. The molecule has 1 fully saturated rings. The van der Waals surface area contributed by atoms with Crippen molar-refractivity contribution in [3.63, 3.8) is 0 Å². The van der Waals surface area contributed by atoms with E-state index in [-0.39, 0.29) is 0 Å². The highest BCUT2D eigenvalue weighted by molar-refractivity contribution is 7.91. The fraction of sp³-hybridized carbons (Fsp3) is 0.800. The van der Waals surface area contributed by atoms with Gasteiger partial charge in [0.25, 0.3) is 0 Å². The van der Waals surface area contributed by atoms with Crippen LogP contribution in [-0.4, -0.2) is 32.0 Å². The quantitative estimate of drug-likeness (QED) is 0.718. The van der Waals surface area contributed by atoms with Crippen LogP contribution in [0.5, 0.6) is 0 Å². The zero-order valence-corrected chi connectivity index (χ0v) is 9.52. The summed E-state index contributed by atoms with van der Waals surface area (Å²) in [6.07, 6.45) is 4.33. The van der Waals surface area contributed by atoms with Crippen molar-refractivity contribution in [2.75, 3.05) is 11.5 Å². The number of sulfone groups is 1. The minimum absolute atomic E-state index is 0.339. The molecule has 1 unspecified atom stereocenters. The second-order valence-corrected chi connectivity index (χ2v) is 6.32. The Morgan fingerprint density at radius 1 is 1.50 bits per heavy atom. The van der Waals surface area contributed by atoms with Gasteiger partial charge < -0.3 is 5.32 Å². The first-order valence-electron chi connectivity index (χ1n) is 5.11. The van der Waals surface area contributed by atoms with Crippen molar-refractivity contribution >= 4 is 9.84 Å². The fourth-order valence-corrected chi connectivity index (χ4v) is 3.27. The monoisotopic (exact) mass is 217 g/mol. The Morgan fingerprint density at radius 2 is 2.07 bits per heavy atom. The summed E-state index contributed by atoms with van der Waals surface area (Å²) in [7, 11) is -2.72.